The molecular formula is C26H20BrClN4O6. The highest BCUT2D eigenvalue weighted by molar-refractivity contribution is 9.10. The van der Waals surface area contributed by atoms with E-state index in [1.807, 2.05) is 13.8 Å². The molecule has 0 spiro atoms. The summed E-state index contributed by atoms with van der Waals surface area (Å²) in [6.45, 7) is 3.57. The van der Waals surface area contributed by atoms with Gasteiger partial charge in [-0.3, -0.25) is 14.9 Å². The Bertz CT molecular complexity index is 1670. The van der Waals surface area contributed by atoms with E-state index in [0.717, 1.165) is 10.7 Å². The number of nitro groups is 1. The van der Waals surface area contributed by atoms with Crippen molar-refractivity contribution in [3.63, 3.8) is 0 Å². The maximum Gasteiger partial charge on any atom is 0.335 e. The maximum atomic E-state index is 13.3. The summed E-state index contributed by atoms with van der Waals surface area (Å²) in [7, 11) is 0. The quantitative estimate of drug-likeness (QED) is 0.149. The summed E-state index contributed by atoms with van der Waals surface area (Å²) in [5, 5.41) is 25.8. The molecule has 0 fully saturated rings. The van der Waals surface area contributed by atoms with E-state index < -0.39 is 22.1 Å². The Morgan fingerprint density at radius 3 is 2.71 bits per heavy atom. The number of carboxylic acids is 1. The molecule has 1 N–H and O–H groups in total. The van der Waals surface area contributed by atoms with Crippen LogP contribution in [0.4, 0.5) is 5.69 Å². The van der Waals surface area contributed by atoms with Gasteiger partial charge >= 0.3 is 11.7 Å². The van der Waals surface area contributed by atoms with Crippen molar-refractivity contribution in [2.75, 3.05) is 0 Å². The van der Waals surface area contributed by atoms with Crippen molar-refractivity contribution in [2.45, 2.75) is 26.4 Å². The predicted octanol–water partition coefficient (Wildman–Crippen LogP) is 6.00. The van der Waals surface area contributed by atoms with Crippen molar-refractivity contribution in [1.29, 1.82) is 0 Å². The maximum absolute atomic E-state index is 13.3. The Hall–Kier alpha value is -4.09. The zero-order valence-corrected chi connectivity index (χ0v) is 22.4. The summed E-state index contributed by atoms with van der Waals surface area (Å²) < 4.78 is 7.64. The Balaban J connectivity index is 1.81. The van der Waals surface area contributed by atoms with Crippen LogP contribution in [0.5, 0.6) is 5.75 Å². The van der Waals surface area contributed by atoms with E-state index in [2.05, 4.69) is 26.0 Å². The van der Waals surface area contributed by atoms with Crippen LogP contribution in [0.15, 0.2) is 69.0 Å². The molecule has 0 aliphatic heterocycles. The van der Waals surface area contributed by atoms with Crippen molar-refractivity contribution >= 4 is 56.3 Å². The molecule has 0 atom stereocenters. The molecule has 10 nitrogen and oxygen atoms in total. The molecule has 0 aliphatic carbocycles. The molecule has 12 heteroatoms. The normalized spacial score (nSPS) is 11.4. The molecule has 38 heavy (non-hydrogen) atoms. The average molecular weight is 600 g/mol. The zero-order valence-electron chi connectivity index (χ0n) is 20.1. The molecule has 0 radical (unpaired) electrons. The van der Waals surface area contributed by atoms with Crippen LogP contribution in [-0.2, 0) is 6.61 Å². The van der Waals surface area contributed by atoms with Crippen molar-refractivity contribution in [1.82, 2.24) is 9.66 Å². The first-order valence-corrected chi connectivity index (χ1v) is 12.4. The Morgan fingerprint density at radius 2 is 2.03 bits per heavy atom. The summed E-state index contributed by atoms with van der Waals surface area (Å²) >= 11 is 9.52. The number of fused-ring (bicyclic) bond motifs is 1. The van der Waals surface area contributed by atoms with Crippen LogP contribution in [0.1, 0.15) is 47.1 Å². The van der Waals surface area contributed by atoms with Gasteiger partial charge in [-0.15, -0.1) is 0 Å². The van der Waals surface area contributed by atoms with Gasteiger partial charge in [-0.1, -0.05) is 53.5 Å². The number of nitro benzene ring substituents is 1. The van der Waals surface area contributed by atoms with E-state index in [1.165, 1.54) is 24.4 Å². The van der Waals surface area contributed by atoms with Gasteiger partial charge in [0.05, 0.1) is 27.6 Å². The number of rotatable bonds is 8. The largest absolute Gasteiger partial charge is 0.481 e. The molecule has 0 unspecified atom stereocenters. The third-order valence-electron chi connectivity index (χ3n) is 5.48. The molecular weight excluding hydrogens is 580 g/mol. The van der Waals surface area contributed by atoms with Crippen LogP contribution in [0.25, 0.3) is 10.9 Å². The third-order valence-corrected chi connectivity index (χ3v) is 6.19. The van der Waals surface area contributed by atoms with Crippen molar-refractivity contribution in [2.24, 2.45) is 5.10 Å². The predicted molar refractivity (Wildman–Crippen MR) is 147 cm³/mol. The number of halogens is 2. The number of ether oxygens (including phenoxy) is 1. The van der Waals surface area contributed by atoms with Crippen LogP contribution >= 0.6 is 27.5 Å². The number of benzene rings is 3. The Morgan fingerprint density at radius 1 is 1.26 bits per heavy atom. The van der Waals surface area contributed by atoms with Gasteiger partial charge in [0.1, 0.15) is 12.4 Å². The van der Waals surface area contributed by atoms with Crippen molar-refractivity contribution in [3.05, 3.63) is 107 Å². The number of aromatic carboxylic acids is 1. The molecule has 4 rings (SSSR count). The molecule has 1 aromatic heterocycles. The standard InChI is InChI=1S/C26H20BrClN4O6/c1-14(2)24-30-21-7-6-18(27)10-20(21)25(33)31(24)29-12-17-9-19(28)11-22(32(36)37)23(17)38-13-15-4-3-5-16(8-15)26(34)35/h3-12,14H,13H2,1-2H3,(H,34,35). The van der Waals surface area contributed by atoms with Gasteiger partial charge in [-0.25, -0.2) is 9.78 Å². The van der Waals surface area contributed by atoms with Gasteiger partial charge in [0.15, 0.2) is 0 Å². The van der Waals surface area contributed by atoms with Gasteiger partial charge in [-0.05, 0) is 42.0 Å². The molecule has 3 aromatic carbocycles. The van der Waals surface area contributed by atoms with Crippen molar-refractivity contribution < 1.29 is 19.6 Å². The fraction of sp³-hybridized carbons (Fsp3) is 0.154. The number of aromatic nitrogens is 2. The Labute approximate surface area is 229 Å². The number of hydrogen-bond acceptors (Lipinski definition) is 7. The van der Waals surface area contributed by atoms with E-state index >= 15 is 0 Å². The lowest BCUT2D eigenvalue weighted by Gasteiger charge is -2.13. The molecule has 194 valence electrons. The minimum absolute atomic E-state index is 0.0505. The summed E-state index contributed by atoms with van der Waals surface area (Å²) in [4.78, 5) is 40.4. The number of nitrogens with zero attached hydrogens (tertiary/aromatic N) is 4. The van der Waals surface area contributed by atoms with Gasteiger partial charge < -0.3 is 9.84 Å². The second kappa shape index (κ2) is 11.1. The Kier molecular flexibility index (Phi) is 7.88. The van der Waals surface area contributed by atoms with Crippen LogP contribution in [0.3, 0.4) is 0 Å². The van der Waals surface area contributed by atoms with E-state index in [9.17, 15) is 24.8 Å². The zero-order chi connectivity index (χ0) is 27.6. The molecule has 0 saturated carbocycles. The topological polar surface area (TPSA) is 137 Å². The lowest BCUT2D eigenvalue weighted by atomic mass is 10.1. The first-order chi connectivity index (χ1) is 18.0. The molecule has 0 aliphatic rings. The van der Waals surface area contributed by atoms with E-state index in [-0.39, 0.29) is 34.4 Å². The fourth-order valence-corrected chi connectivity index (χ4v) is 4.29. The van der Waals surface area contributed by atoms with Crippen LogP contribution < -0.4 is 10.3 Å². The second-order valence-electron chi connectivity index (χ2n) is 8.54. The minimum atomic E-state index is -1.11. The van der Waals surface area contributed by atoms with E-state index in [1.54, 1.807) is 30.3 Å². The first kappa shape index (κ1) is 27.0. The molecule has 0 bridgehead atoms. The van der Waals surface area contributed by atoms with Crippen molar-refractivity contribution in [3.8, 4) is 5.75 Å². The van der Waals surface area contributed by atoms with Crippen LogP contribution in [-0.4, -0.2) is 31.9 Å². The minimum Gasteiger partial charge on any atom is -0.481 e. The SMILES string of the molecule is CC(C)c1nc2ccc(Br)cc2c(=O)n1N=Cc1cc(Cl)cc([N+](=O)[O-])c1OCc1cccc(C(=O)O)c1. The fourth-order valence-electron chi connectivity index (χ4n) is 3.71. The van der Waals surface area contributed by atoms with Crippen LogP contribution in [0, 0.1) is 10.1 Å². The molecule has 0 amide bonds. The van der Waals surface area contributed by atoms with Crippen LogP contribution in [0.2, 0.25) is 5.02 Å². The second-order valence-corrected chi connectivity index (χ2v) is 9.89. The molecule has 4 aromatic rings. The monoisotopic (exact) mass is 598 g/mol. The van der Waals surface area contributed by atoms with Gasteiger partial charge in [0, 0.05) is 27.0 Å². The van der Waals surface area contributed by atoms with E-state index in [0.29, 0.717) is 26.8 Å². The highest BCUT2D eigenvalue weighted by Crippen LogP contribution is 2.34. The smallest absolute Gasteiger partial charge is 0.335 e. The number of carbonyl (C=O) groups is 1. The molecule has 1 heterocycles. The summed E-state index contributed by atoms with van der Waals surface area (Å²) in [5.74, 6) is -1.02. The van der Waals surface area contributed by atoms with Gasteiger partial charge in [-0.2, -0.15) is 9.78 Å². The highest BCUT2D eigenvalue weighted by atomic mass is 79.9. The third kappa shape index (κ3) is 5.74. The van der Waals surface area contributed by atoms with Gasteiger partial charge in [0.25, 0.3) is 5.56 Å². The summed E-state index contributed by atoms with van der Waals surface area (Å²) in [6, 6.07) is 13.7. The average Bonchev–Trinajstić information content (AvgIpc) is 2.87. The lowest BCUT2D eigenvalue weighted by Crippen LogP contribution is -2.23. The summed E-state index contributed by atoms with van der Waals surface area (Å²) in [5.41, 5.74) is 0.370. The van der Waals surface area contributed by atoms with Gasteiger partial charge in [0.2, 0.25) is 5.75 Å². The summed E-state index contributed by atoms with van der Waals surface area (Å²) in [6.07, 6.45) is 1.25. The number of carboxylic acid groups (broad SMARTS) is 1. The highest BCUT2D eigenvalue weighted by Gasteiger charge is 2.21. The lowest BCUT2D eigenvalue weighted by molar-refractivity contribution is -0.385. The van der Waals surface area contributed by atoms with E-state index in [4.69, 9.17) is 16.3 Å². The number of hydrogen-bond donors (Lipinski definition) is 1. The first-order valence-electron chi connectivity index (χ1n) is 11.2. The molecule has 0 saturated heterocycles.